The minimum absolute atomic E-state index is 0.262. The monoisotopic (exact) mass is 274 g/mol. The Morgan fingerprint density at radius 3 is 2.71 bits per heavy atom. The predicted molar refractivity (Wildman–Crippen MR) is 75.4 cm³/mol. The number of unbranched alkanes of at least 4 members (excludes halogenated alkanes) is 2. The van der Waals surface area contributed by atoms with E-state index in [9.17, 15) is 0 Å². The van der Waals surface area contributed by atoms with Crippen molar-refractivity contribution in [2.45, 2.75) is 45.1 Å². The van der Waals surface area contributed by atoms with Gasteiger partial charge in [0.1, 0.15) is 0 Å². The molecule has 4 heteroatoms. The van der Waals surface area contributed by atoms with E-state index in [0.717, 1.165) is 23.4 Å². The maximum atomic E-state index is 6.13. The van der Waals surface area contributed by atoms with E-state index in [0.29, 0.717) is 5.02 Å². The van der Waals surface area contributed by atoms with Crippen LogP contribution in [-0.2, 0) is 6.42 Å². The van der Waals surface area contributed by atoms with Crippen molar-refractivity contribution in [3.63, 3.8) is 0 Å². The molecule has 0 aliphatic heterocycles. The molecule has 96 valence electrons. The molecule has 0 aromatic heterocycles. The summed E-state index contributed by atoms with van der Waals surface area (Å²) in [5.74, 6) is 5.56. The van der Waals surface area contributed by atoms with Gasteiger partial charge in [0, 0.05) is 16.1 Å². The number of benzene rings is 1. The second-order valence-electron chi connectivity index (χ2n) is 4.30. The van der Waals surface area contributed by atoms with Crippen molar-refractivity contribution in [2.75, 3.05) is 0 Å². The first kappa shape index (κ1) is 14.8. The maximum absolute atomic E-state index is 6.13. The molecule has 3 N–H and O–H groups in total. The molecule has 1 atom stereocenters. The van der Waals surface area contributed by atoms with Crippen molar-refractivity contribution >= 4 is 23.2 Å². The zero-order valence-corrected chi connectivity index (χ0v) is 11.7. The van der Waals surface area contributed by atoms with E-state index >= 15 is 0 Å². The van der Waals surface area contributed by atoms with E-state index in [1.54, 1.807) is 6.07 Å². The molecule has 1 aromatic rings. The topological polar surface area (TPSA) is 38.0 Å². The van der Waals surface area contributed by atoms with Gasteiger partial charge in [0.05, 0.1) is 0 Å². The Balaban J connectivity index is 2.57. The Hall–Kier alpha value is -0.280. The number of rotatable bonds is 7. The number of hydrogen-bond donors (Lipinski definition) is 2. The number of hydrogen-bond acceptors (Lipinski definition) is 2. The number of halogens is 2. The van der Waals surface area contributed by atoms with Crippen molar-refractivity contribution in [3.05, 3.63) is 33.8 Å². The molecule has 0 heterocycles. The molecular weight excluding hydrogens is 255 g/mol. The molecule has 0 aliphatic rings. The van der Waals surface area contributed by atoms with E-state index in [4.69, 9.17) is 29.0 Å². The van der Waals surface area contributed by atoms with Crippen LogP contribution in [0.2, 0.25) is 10.0 Å². The predicted octanol–water partition coefficient (Wildman–Crippen LogP) is 3.95. The molecule has 0 amide bonds. The lowest BCUT2D eigenvalue weighted by molar-refractivity contribution is 0.467. The first-order chi connectivity index (χ1) is 8.17. The quantitative estimate of drug-likeness (QED) is 0.449. The van der Waals surface area contributed by atoms with E-state index in [1.807, 2.05) is 12.1 Å². The van der Waals surface area contributed by atoms with Gasteiger partial charge in [-0.1, -0.05) is 49.4 Å². The summed E-state index contributed by atoms with van der Waals surface area (Å²) < 4.78 is 0. The molecule has 0 saturated heterocycles. The fourth-order valence-electron chi connectivity index (χ4n) is 1.85. The average Bonchev–Trinajstić information content (AvgIpc) is 2.32. The average molecular weight is 275 g/mol. The molecule has 17 heavy (non-hydrogen) atoms. The fourth-order valence-corrected chi connectivity index (χ4v) is 2.24. The summed E-state index contributed by atoms with van der Waals surface area (Å²) in [6, 6.07) is 5.81. The third kappa shape index (κ3) is 5.26. The van der Waals surface area contributed by atoms with Gasteiger partial charge in [-0.25, -0.2) is 0 Å². The smallest absolute Gasteiger partial charge is 0.0439 e. The van der Waals surface area contributed by atoms with Crippen LogP contribution in [0.1, 0.15) is 38.2 Å². The molecule has 1 unspecified atom stereocenters. The summed E-state index contributed by atoms with van der Waals surface area (Å²) in [6.45, 7) is 2.19. The van der Waals surface area contributed by atoms with E-state index < -0.39 is 0 Å². The summed E-state index contributed by atoms with van der Waals surface area (Å²) in [7, 11) is 0. The minimum atomic E-state index is 0.262. The summed E-state index contributed by atoms with van der Waals surface area (Å²) in [5.41, 5.74) is 3.91. The number of hydrazine groups is 1. The van der Waals surface area contributed by atoms with Gasteiger partial charge >= 0.3 is 0 Å². The van der Waals surface area contributed by atoms with Gasteiger partial charge in [-0.15, -0.1) is 0 Å². The van der Waals surface area contributed by atoms with E-state index in [2.05, 4.69) is 12.3 Å². The highest BCUT2D eigenvalue weighted by Gasteiger charge is 2.10. The van der Waals surface area contributed by atoms with Crippen LogP contribution in [0.15, 0.2) is 18.2 Å². The van der Waals surface area contributed by atoms with Crippen molar-refractivity contribution in [2.24, 2.45) is 5.84 Å². The molecule has 1 rings (SSSR count). The van der Waals surface area contributed by atoms with Gasteiger partial charge < -0.3 is 0 Å². The Bertz CT molecular complexity index is 342. The summed E-state index contributed by atoms with van der Waals surface area (Å²) in [5, 5.41) is 1.47. The largest absolute Gasteiger partial charge is 0.271 e. The van der Waals surface area contributed by atoms with E-state index in [1.165, 1.54) is 19.3 Å². The van der Waals surface area contributed by atoms with Gasteiger partial charge in [0.2, 0.25) is 0 Å². The molecule has 0 spiro atoms. The Morgan fingerprint density at radius 1 is 1.29 bits per heavy atom. The van der Waals surface area contributed by atoms with Crippen molar-refractivity contribution in [1.82, 2.24) is 5.43 Å². The molecule has 1 aromatic carbocycles. The van der Waals surface area contributed by atoms with Gasteiger partial charge in [-0.3, -0.25) is 11.3 Å². The summed E-state index contributed by atoms with van der Waals surface area (Å²) in [4.78, 5) is 0. The van der Waals surface area contributed by atoms with Gasteiger partial charge in [0.15, 0.2) is 0 Å². The molecule has 0 bridgehead atoms. The Labute approximate surface area is 113 Å². The highest BCUT2D eigenvalue weighted by molar-refractivity contribution is 6.33. The molecule has 0 saturated carbocycles. The lowest BCUT2D eigenvalue weighted by Gasteiger charge is -2.16. The van der Waals surface area contributed by atoms with Gasteiger partial charge in [-0.05, 0) is 36.6 Å². The van der Waals surface area contributed by atoms with Crippen LogP contribution < -0.4 is 11.3 Å². The van der Waals surface area contributed by atoms with Crippen molar-refractivity contribution in [1.29, 1.82) is 0 Å². The lowest BCUT2D eigenvalue weighted by Crippen LogP contribution is -2.36. The van der Waals surface area contributed by atoms with Crippen molar-refractivity contribution < 1.29 is 0 Å². The third-order valence-electron chi connectivity index (χ3n) is 2.87. The van der Waals surface area contributed by atoms with Crippen LogP contribution in [0.5, 0.6) is 0 Å². The van der Waals surface area contributed by atoms with Crippen LogP contribution in [0, 0.1) is 0 Å². The standard InChI is InChI=1S/C13H20Cl2N2/c1-2-3-4-5-12(17-16)9-10-8-11(14)6-7-13(10)15/h6-8,12,17H,2-5,9,16H2,1H3. The second-order valence-corrected chi connectivity index (χ2v) is 5.14. The van der Waals surface area contributed by atoms with Crippen LogP contribution in [0.25, 0.3) is 0 Å². The van der Waals surface area contributed by atoms with Crippen LogP contribution in [0.3, 0.4) is 0 Å². The second kappa shape index (κ2) is 7.93. The Morgan fingerprint density at radius 2 is 2.06 bits per heavy atom. The normalized spacial score (nSPS) is 12.7. The Kier molecular flexibility index (Phi) is 6.90. The molecule has 2 nitrogen and oxygen atoms in total. The van der Waals surface area contributed by atoms with Crippen LogP contribution >= 0.6 is 23.2 Å². The highest BCUT2D eigenvalue weighted by atomic mass is 35.5. The van der Waals surface area contributed by atoms with Gasteiger partial charge in [-0.2, -0.15) is 0 Å². The number of nitrogens with one attached hydrogen (secondary N) is 1. The third-order valence-corrected chi connectivity index (χ3v) is 3.47. The molecular formula is C13H20Cl2N2. The van der Waals surface area contributed by atoms with E-state index in [-0.39, 0.29) is 6.04 Å². The molecule has 0 fully saturated rings. The molecule has 0 aliphatic carbocycles. The minimum Gasteiger partial charge on any atom is -0.271 e. The number of nitrogens with two attached hydrogens (primary N) is 1. The first-order valence-electron chi connectivity index (χ1n) is 6.07. The fraction of sp³-hybridized carbons (Fsp3) is 0.538. The highest BCUT2D eigenvalue weighted by Crippen LogP contribution is 2.22. The summed E-state index contributed by atoms with van der Waals surface area (Å²) in [6.07, 6.45) is 5.52. The maximum Gasteiger partial charge on any atom is 0.0439 e. The van der Waals surface area contributed by atoms with Gasteiger partial charge in [0.25, 0.3) is 0 Å². The van der Waals surface area contributed by atoms with Crippen LogP contribution in [-0.4, -0.2) is 6.04 Å². The summed E-state index contributed by atoms with van der Waals surface area (Å²) >= 11 is 12.1. The zero-order chi connectivity index (χ0) is 12.7. The molecule has 0 radical (unpaired) electrons. The van der Waals surface area contributed by atoms with Crippen LogP contribution in [0.4, 0.5) is 0 Å². The zero-order valence-electron chi connectivity index (χ0n) is 10.2. The SMILES string of the molecule is CCCCCC(Cc1cc(Cl)ccc1Cl)NN. The van der Waals surface area contributed by atoms with Crippen molar-refractivity contribution in [3.8, 4) is 0 Å². The lowest BCUT2D eigenvalue weighted by atomic mass is 10.0. The first-order valence-corrected chi connectivity index (χ1v) is 6.83.